The number of hydrogen-bond acceptors (Lipinski definition) is 5. The highest BCUT2D eigenvalue weighted by molar-refractivity contribution is 7.13. The van der Waals surface area contributed by atoms with Crippen molar-refractivity contribution in [1.82, 2.24) is 25.0 Å². The van der Waals surface area contributed by atoms with Gasteiger partial charge in [-0.2, -0.15) is 0 Å². The molecule has 0 unspecified atom stereocenters. The third-order valence-electron chi connectivity index (χ3n) is 5.73. The fourth-order valence-corrected chi connectivity index (χ4v) is 5.07. The van der Waals surface area contributed by atoms with E-state index in [0.29, 0.717) is 11.9 Å². The second kappa shape index (κ2) is 7.48. The maximum Gasteiger partial charge on any atom is 0.291 e. The average molecular weight is 394 g/mol. The van der Waals surface area contributed by atoms with Gasteiger partial charge >= 0.3 is 0 Å². The van der Waals surface area contributed by atoms with Gasteiger partial charge < -0.3 is 5.32 Å². The summed E-state index contributed by atoms with van der Waals surface area (Å²) in [5, 5.41) is 9.79. The molecule has 2 aromatic heterocycles. The fraction of sp³-hybridized carbons (Fsp3) is 0.381. The molecule has 7 heteroatoms. The SMILES string of the molecule is O=C(N[C@@H]1CCN2CCCC[C@@H]12)c1nc(-c2cccs2)n(-c2ccccc2)n1. The predicted molar refractivity (Wildman–Crippen MR) is 110 cm³/mol. The topological polar surface area (TPSA) is 63.1 Å². The Kier molecular flexibility index (Phi) is 4.70. The lowest BCUT2D eigenvalue weighted by molar-refractivity contribution is 0.0905. The monoisotopic (exact) mass is 393 g/mol. The van der Waals surface area contributed by atoms with Gasteiger partial charge in [-0.05, 0) is 49.4 Å². The summed E-state index contributed by atoms with van der Waals surface area (Å²) in [6.07, 6.45) is 4.69. The van der Waals surface area contributed by atoms with Crippen molar-refractivity contribution >= 4 is 17.2 Å². The van der Waals surface area contributed by atoms with Crippen LogP contribution in [0.1, 0.15) is 36.3 Å². The summed E-state index contributed by atoms with van der Waals surface area (Å²) >= 11 is 1.60. The van der Waals surface area contributed by atoms with E-state index in [1.54, 1.807) is 16.0 Å². The number of carbonyl (C=O) groups excluding carboxylic acids is 1. The second-order valence-corrected chi connectivity index (χ2v) is 8.40. The van der Waals surface area contributed by atoms with Crippen molar-refractivity contribution < 1.29 is 4.79 Å². The van der Waals surface area contributed by atoms with Crippen molar-refractivity contribution in [2.24, 2.45) is 0 Å². The Labute approximate surface area is 168 Å². The number of rotatable bonds is 4. The second-order valence-electron chi connectivity index (χ2n) is 7.45. The quantitative estimate of drug-likeness (QED) is 0.738. The zero-order valence-corrected chi connectivity index (χ0v) is 16.4. The summed E-state index contributed by atoms with van der Waals surface area (Å²) in [4.78, 5) is 21.1. The summed E-state index contributed by atoms with van der Waals surface area (Å²) in [6, 6.07) is 14.5. The number of fused-ring (bicyclic) bond motifs is 1. The van der Waals surface area contributed by atoms with E-state index in [0.717, 1.165) is 36.5 Å². The number of thiophene rings is 1. The van der Waals surface area contributed by atoms with Crippen LogP contribution < -0.4 is 5.32 Å². The van der Waals surface area contributed by atoms with Crippen LogP contribution in [0.15, 0.2) is 47.8 Å². The Morgan fingerprint density at radius 3 is 2.79 bits per heavy atom. The Morgan fingerprint density at radius 2 is 1.96 bits per heavy atom. The minimum Gasteiger partial charge on any atom is -0.345 e. The first-order valence-electron chi connectivity index (χ1n) is 9.91. The minimum absolute atomic E-state index is 0.176. The molecule has 5 rings (SSSR count). The van der Waals surface area contributed by atoms with Gasteiger partial charge in [-0.3, -0.25) is 9.69 Å². The standard InChI is InChI=1S/C21H23N5OS/c27-21(22-16-11-13-25-12-5-4-9-17(16)25)19-23-20(18-10-6-14-28-18)26(24-19)15-7-2-1-3-8-15/h1-3,6-8,10,14,16-17H,4-5,9,11-13H2,(H,22,27)/t16-,17+/m1/s1. The minimum atomic E-state index is -0.176. The molecule has 2 aliphatic heterocycles. The van der Waals surface area contributed by atoms with Crippen LogP contribution in [0.2, 0.25) is 0 Å². The summed E-state index contributed by atoms with van der Waals surface area (Å²) < 4.78 is 1.77. The van der Waals surface area contributed by atoms with Crippen LogP contribution in [0, 0.1) is 0 Å². The average Bonchev–Trinajstić information content (AvgIpc) is 3.48. The highest BCUT2D eigenvalue weighted by Crippen LogP contribution is 2.28. The van der Waals surface area contributed by atoms with Gasteiger partial charge in [0.2, 0.25) is 5.82 Å². The van der Waals surface area contributed by atoms with E-state index < -0.39 is 0 Å². The molecule has 1 amide bonds. The summed E-state index contributed by atoms with van der Waals surface area (Å²) in [5.74, 6) is 0.767. The third-order valence-corrected chi connectivity index (χ3v) is 6.59. The Balaban J connectivity index is 1.43. The van der Waals surface area contributed by atoms with Crippen molar-refractivity contribution in [2.45, 2.75) is 37.8 Å². The van der Waals surface area contributed by atoms with Crippen molar-refractivity contribution in [1.29, 1.82) is 0 Å². The van der Waals surface area contributed by atoms with Crippen molar-refractivity contribution in [3.8, 4) is 16.4 Å². The van der Waals surface area contributed by atoms with Gasteiger partial charge in [-0.15, -0.1) is 16.4 Å². The number of benzene rings is 1. The largest absolute Gasteiger partial charge is 0.345 e. The first-order valence-corrected chi connectivity index (χ1v) is 10.8. The summed E-state index contributed by atoms with van der Waals surface area (Å²) in [6.45, 7) is 2.22. The molecule has 0 bridgehead atoms. The van der Waals surface area contributed by atoms with E-state index in [1.807, 2.05) is 47.8 Å². The molecular formula is C21H23N5OS. The van der Waals surface area contributed by atoms with Gasteiger partial charge in [0.25, 0.3) is 5.91 Å². The maximum absolute atomic E-state index is 13.0. The van der Waals surface area contributed by atoms with E-state index in [2.05, 4.69) is 20.3 Å². The first-order chi connectivity index (χ1) is 13.8. The van der Waals surface area contributed by atoms with E-state index in [1.165, 1.54) is 12.8 Å². The molecule has 1 aromatic carbocycles. The molecule has 3 aromatic rings. The lowest BCUT2D eigenvalue weighted by atomic mass is 9.99. The van der Waals surface area contributed by atoms with Crippen LogP contribution in [0.3, 0.4) is 0 Å². The molecule has 144 valence electrons. The van der Waals surface area contributed by atoms with Crippen molar-refractivity contribution in [2.75, 3.05) is 13.1 Å². The van der Waals surface area contributed by atoms with Gasteiger partial charge in [-0.25, -0.2) is 9.67 Å². The smallest absolute Gasteiger partial charge is 0.291 e. The first kappa shape index (κ1) is 17.6. The van der Waals surface area contributed by atoms with Gasteiger partial charge in [-0.1, -0.05) is 30.7 Å². The summed E-state index contributed by atoms with van der Waals surface area (Å²) in [5.41, 5.74) is 0.900. The molecule has 6 nitrogen and oxygen atoms in total. The van der Waals surface area contributed by atoms with E-state index in [9.17, 15) is 4.79 Å². The van der Waals surface area contributed by atoms with Crippen molar-refractivity contribution in [3.05, 3.63) is 53.7 Å². The van der Waals surface area contributed by atoms with E-state index in [4.69, 9.17) is 0 Å². The van der Waals surface area contributed by atoms with Crippen molar-refractivity contribution in [3.63, 3.8) is 0 Å². The molecule has 28 heavy (non-hydrogen) atoms. The van der Waals surface area contributed by atoms with E-state index in [-0.39, 0.29) is 17.8 Å². The number of hydrogen-bond donors (Lipinski definition) is 1. The molecule has 2 atom stereocenters. The molecular weight excluding hydrogens is 370 g/mol. The lowest BCUT2D eigenvalue weighted by Gasteiger charge is -2.32. The van der Waals surface area contributed by atoms with Crippen LogP contribution >= 0.6 is 11.3 Å². The Morgan fingerprint density at radius 1 is 1.07 bits per heavy atom. The number of carbonyl (C=O) groups is 1. The molecule has 0 spiro atoms. The zero-order valence-electron chi connectivity index (χ0n) is 15.6. The van der Waals surface area contributed by atoms with Gasteiger partial charge in [0.15, 0.2) is 5.82 Å². The van der Waals surface area contributed by atoms with Gasteiger partial charge in [0.05, 0.1) is 10.6 Å². The number of nitrogens with zero attached hydrogens (tertiary/aromatic N) is 4. The van der Waals surface area contributed by atoms with Crippen LogP contribution in [0.5, 0.6) is 0 Å². The lowest BCUT2D eigenvalue weighted by Crippen LogP contribution is -2.47. The fourth-order valence-electron chi connectivity index (χ4n) is 4.37. The molecule has 2 aliphatic rings. The molecule has 2 fully saturated rings. The number of amides is 1. The molecule has 0 aliphatic carbocycles. The number of nitrogens with one attached hydrogen (secondary N) is 1. The highest BCUT2D eigenvalue weighted by atomic mass is 32.1. The van der Waals surface area contributed by atoms with Gasteiger partial charge in [0, 0.05) is 18.6 Å². The molecule has 4 heterocycles. The Hall–Kier alpha value is -2.51. The molecule has 2 saturated heterocycles. The number of piperidine rings is 1. The number of para-hydroxylation sites is 1. The van der Waals surface area contributed by atoms with Gasteiger partial charge in [0.1, 0.15) is 0 Å². The van der Waals surface area contributed by atoms with Crippen LogP contribution in [-0.4, -0.2) is 50.7 Å². The zero-order chi connectivity index (χ0) is 18.9. The number of aromatic nitrogens is 3. The van der Waals surface area contributed by atoms with Crippen LogP contribution in [0.25, 0.3) is 16.4 Å². The summed E-state index contributed by atoms with van der Waals surface area (Å²) in [7, 11) is 0. The van der Waals surface area contributed by atoms with Crippen LogP contribution in [0.4, 0.5) is 0 Å². The predicted octanol–water partition coefficient (Wildman–Crippen LogP) is 3.35. The molecule has 0 saturated carbocycles. The highest BCUT2D eigenvalue weighted by Gasteiger charge is 2.37. The Bertz CT molecular complexity index is 953. The molecule has 1 N–H and O–H groups in total. The maximum atomic E-state index is 13.0. The molecule has 0 radical (unpaired) electrons. The van der Waals surface area contributed by atoms with E-state index >= 15 is 0 Å². The third kappa shape index (κ3) is 3.25. The normalized spacial score (nSPS) is 22.1. The van der Waals surface area contributed by atoms with Crippen LogP contribution in [-0.2, 0) is 0 Å².